The quantitative estimate of drug-likeness (QED) is 0.311. The highest BCUT2D eigenvalue weighted by Gasteiger charge is 2.29. The summed E-state index contributed by atoms with van der Waals surface area (Å²) in [5.41, 5.74) is 2.78. The Hall–Kier alpha value is -3.56. The number of aromatic nitrogens is 2. The molecular formula is C30H38FN5O3. The molecule has 39 heavy (non-hydrogen) atoms. The van der Waals surface area contributed by atoms with Crippen LogP contribution in [0.5, 0.6) is 0 Å². The molecule has 208 valence electrons. The Morgan fingerprint density at radius 3 is 2.62 bits per heavy atom. The Kier molecular flexibility index (Phi) is 9.84. The Labute approximate surface area is 229 Å². The Balaban J connectivity index is 1.53. The second-order valence-electron chi connectivity index (χ2n) is 10.0. The Morgan fingerprint density at radius 1 is 1.15 bits per heavy atom. The maximum atomic E-state index is 15.7. The van der Waals surface area contributed by atoms with Gasteiger partial charge in [0.15, 0.2) is 5.82 Å². The SMILES string of the molecule is CCCc1cc(C(=O)N[C@@H](Cc2ccccc2)[C@H](O)CNCc2cnn(CC)c2)c(F)c(N2CCCC2=O)c1. The molecule has 0 unspecified atom stereocenters. The van der Waals surface area contributed by atoms with Crippen molar-refractivity contribution in [2.45, 2.75) is 71.2 Å². The van der Waals surface area contributed by atoms with Gasteiger partial charge in [0.1, 0.15) is 0 Å². The minimum atomic E-state index is -0.933. The van der Waals surface area contributed by atoms with Crippen LogP contribution >= 0.6 is 0 Å². The third-order valence-electron chi connectivity index (χ3n) is 7.03. The molecule has 2 atom stereocenters. The zero-order chi connectivity index (χ0) is 27.8. The fraction of sp³-hybridized carbons (Fsp3) is 0.433. The van der Waals surface area contributed by atoms with E-state index in [0.717, 1.165) is 29.7 Å². The van der Waals surface area contributed by atoms with Crippen molar-refractivity contribution in [3.05, 3.63) is 82.9 Å². The first-order valence-electron chi connectivity index (χ1n) is 13.8. The summed E-state index contributed by atoms with van der Waals surface area (Å²) in [6.07, 6.45) is 5.67. The molecule has 0 saturated carbocycles. The number of rotatable bonds is 13. The first-order chi connectivity index (χ1) is 18.9. The molecule has 0 aliphatic carbocycles. The van der Waals surface area contributed by atoms with Gasteiger partial charge in [-0.15, -0.1) is 0 Å². The number of hydrogen-bond donors (Lipinski definition) is 3. The number of benzene rings is 2. The Bertz CT molecular complexity index is 1260. The van der Waals surface area contributed by atoms with Crippen LogP contribution < -0.4 is 15.5 Å². The number of carbonyl (C=O) groups is 2. The molecule has 2 aromatic carbocycles. The van der Waals surface area contributed by atoms with Gasteiger partial charge in [-0.3, -0.25) is 14.3 Å². The number of amides is 2. The fourth-order valence-corrected chi connectivity index (χ4v) is 4.94. The van der Waals surface area contributed by atoms with Crippen LogP contribution in [0, 0.1) is 5.82 Å². The third kappa shape index (κ3) is 7.30. The smallest absolute Gasteiger partial charge is 0.254 e. The van der Waals surface area contributed by atoms with Gasteiger partial charge in [0, 0.05) is 44.4 Å². The number of halogens is 1. The summed E-state index contributed by atoms with van der Waals surface area (Å²) in [6, 6.07) is 12.1. The van der Waals surface area contributed by atoms with Crippen molar-refractivity contribution in [3.8, 4) is 0 Å². The lowest BCUT2D eigenvalue weighted by Crippen LogP contribution is -2.49. The molecule has 3 N–H and O–H groups in total. The van der Waals surface area contributed by atoms with Gasteiger partial charge in [0.25, 0.3) is 5.91 Å². The number of aliphatic hydroxyl groups is 1. The summed E-state index contributed by atoms with van der Waals surface area (Å²) < 4.78 is 17.6. The van der Waals surface area contributed by atoms with E-state index < -0.39 is 23.9 Å². The van der Waals surface area contributed by atoms with E-state index in [1.807, 2.05) is 55.1 Å². The van der Waals surface area contributed by atoms with Gasteiger partial charge in [-0.25, -0.2) is 4.39 Å². The van der Waals surface area contributed by atoms with E-state index in [9.17, 15) is 14.7 Å². The normalized spacial score (nSPS) is 15.0. The lowest BCUT2D eigenvalue weighted by Gasteiger charge is -2.26. The molecule has 2 amide bonds. The zero-order valence-corrected chi connectivity index (χ0v) is 22.7. The van der Waals surface area contributed by atoms with Crippen molar-refractivity contribution >= 4 is 17.5 Å². The van der Waals surface area contributed by atoms with Crippen molar-refractivity contribution in [1.29, 1.82) is 0 Å². The molecule has 0 spiro atoms. The van der Waals surface area contributed by atoms with Gasteiger partial charge >= 0.3 is 0 Å². The first kappa shape index (κ1) is 28.4. The minimum Gasteiger partial charge on any atom is -0.390 e. The lowest BCUT2D eigenvalue weighted by molar-refractivity contribution is -0.117. The van der Waals surface area contributed by atoms with E-state index in [-0.39, 0.29) is 23.7 Å². The van der Waals surface area contributed by atoms with Crippen LogP contribution in [0.4, 0.5) is 10.1 Å². The molecule has 1 aromatic heterocycles. The van der Waals surface area contributed by atoms with Gasteiger partial charge in [-0.05, 0) is 49.4 Å². The van der Waals surface area contributed by atoms with E-state index in [2.05, 4.69) is 15.7 Å². The van der Waals surface area contributed by atoms with Crippen molar-refractivity contribution in [2.24, 2.45) is 0 Å². The summed E-state index contributed by atoms with van der Waals surface area (Å²) in [4.78, 5) is 27.3. The molecule has 4 rings (SSSR count). The summed E-state index contributed by atoms with van der Waals surface area (Å²) in [5, 5.41) is 21.5. The molecule has 2 heterocycles. The van der Waals surface area contributed by atoms with Crippen LogP contribution in [0.2, 0.25) is 0 Å². The van der Waals surface area contributed by atoms with Gasteiger partial charge in [0.2, 0.25) is 5.91 Å². The van der Waals surface area contributed by atoms with Gasteiger partial charge in [-0.1, -0.05) is 43.7 Å². The van der Waals surface area contributed by atoms with Crippen molar-refractivity contribution in [1.82, 2.24) is 20.4 Å². The number of aliphatic hydroxyl groups excluding tert-OH is 1. The number of carbonyl (C=O) groups excluding carboxylic acids is 2. The van der Waals surface area contributed by atoms with Crippen LogP contribution in [-0.2, 0) is 30.7 Å². The average molecular weight is 536 g/mol. The van der Waals surface area contributed by atoms with Crippen molar-refractivity contribution in [2.75, 3.05) is 18.0 Å². The van der Waals surface area contributed by atoms with E-state index >= 15 is 4.39 Å². The van der Waals surface area contributed by atoms with E-state index in [4.69, 9.17) is 0 Å². The zero-order valence-electron chi connectivity index (χ0n) is 22.7. The molecule has 3 aromatic rings. The second-order valence-corrected chi connectivity index (χ2v) is 10.0. The fourth-order valence-electron chi connectivity index (χ4n) is 4.94. The van der Waals surface area contributed by atoms with Gasteiger partial charge in [-0.2, -0.15) is 5.10 Å². The maximum absolute atomic E-state index is 15.7. The van der Waals surface area contributed by atoms with Crippen LogP contribution in [0.1, 0.15) is 60.2 Å². The molecular weight excluding hydrogens is 497 g/mol. The molecule has 1 aliphatic heterocycles. The number of nitrogens with one attached hydrogen (secondary N) is 2. The third-order valence-corrected chi connectivity index (χ3v) is 7.03. The molecule has 9 heteroatoms. The highest BCUT2D eigenvalue weighted by molar-refractivity contribution is 6.00. The first-order valence-corrected chi connectivity index (χ1v) is 13.8. The molecule has 1 aliphatic rings. The van der Waals surface area contributed by atoms with E-state index in [1.54, 1.807) is 18.3 Å². The van der Waals surface area contributed by atoms with Crippen LogP contribution in [0.3, 0.4) is 0 Å². The predicted molar refractivity (Wildman–Crippen MR) is 149 cm³/mol. The van der Waals surface area contributed by atoms with Crippen LogP contribution in [-0.4, -0.2) is 51.9 Å². The average Bonchev–Trinajstić information content (AvgIpc) is 3.58. The molecule has 1 fully saturated rings. The monoisotopic (exact) mass is 535 g/mol. The standard InChI is InChI=1S/C30H38FN5O3/c1-3-9-22-14-24(29(31)26(16-22)36-13-8-12-28(36)38)30(39)34-25(15-21-10-6-5-7-11-21)27(37)19-32-17-23-18-33-35(4-2)20-23/h5-7,10-11,14,16,18,20,25,27,32,37H,3-4,8-9,12-13,15,17,19H2,1-2H3,(H,34,39)/t25-,27+/m0/s1. The molecule has 1 saturated heterocycles. The summed E-state index contributed by atoms with van der Waals surface area (Å²) in [6.45, 7) is 5.97. The number of aryl methyl sites for hydroxylation is 2. The molecule has 0 radical (unpaired) electrons. The maximum Gasteiger partial charge on any atom is 0.254 e. The second kappa shape index (κ2) is 13.5. The Morgan fingerprint density at radius 2 is 1.95 bits per heavy atom. The summed E-state index contributed by atoms with van der Waals surface area (Å²) >= 11 is 0. The largest absolute Gasteiger partial charge is 0.390 e. The van der Waals surface area contributed by atoms with Gasteiger partial charge in [0.05, 0.1) is 29.6 Å². The topological polar surface area (TPSA) is 99.5 Å². The summed E-state index contributed by atoms with van der Waals surface area (Å²) in [7, 11) is 0. The van der Waals surface area contributed by atoms with E-state index in [0.29, 0.717) is 38.8 Å². The van der Waals surface area contributed by atoms with E-state index in [1.165, 1.54) is 4.90 Å². The van der Waals surface area contributed by atoms with Crippen LogP contribution in [0.25, 0.3) is 0 Å². The van der Waals surface area contributed by atoms with Crippen molar-refractivity contribution < 1.29 is 19.1 Å². The highest BCUT2D eigenvalue weighted by Crippen LogP contribution is 2.29. The van der Waals surface area contributed by atoms with Crippen LogP contribution in [0.15, 0.2) is 54.9 Å². The lowest BCUT2D eigenvalue weighted by atomic mass is 9.99. The minimum absolute atomic E-state index is 0.110. The number of hydrogen-bond acceptors (Lipinski definition) is 5. The number of anilines is 1. The summed E-state index contributed by atoms with van der Waals surface area (Å²) in [5.74, 6) is -1.45. The molecule has 0 bridgehead atoms. The van der Waals surface area contributed by atoms with Gasteiger partial charge < -0.3 is 20.6 Å². The predicted octanol–water partition coefficient (Wildman–Crippen LogP) is 3.61. The highest BCUT2D eigenvalue weighted by atomic mass is 19.1. The van der Waals surface area contributed by atoms with Crippen molar-refractivity contribution in [3.63, 3.8) is 0 Å². The molecule has 8 nitrogen and oxygen atoms in total. The number of nitrogens with zero attached hydrogens (tertiary/aromatic N) is 3.